The molecule has 0 aromatic heterocycles. The number of nitro benzene ring substituents is 1. The van der Waals surface area contributed by atoms with Crippen LogP contribution in [0.15, 0.2) is 18.2 Å². The van der Waals surface area contributed by atoms with E-state index in [4.69, 9.17) is 0 Å². The van der Waals surface area contributed by atoms with Gasteiger partial charge in [0, 0.05) is 18.1 Å². The first kappa shape index (κ1) is 8.59. The Hall–Kier alpha value is -1.71. The molecule has 15 heavy (non-hydrogen) atoms. The summed E-state index contributed by atoms with van der Waals surface area (Å²) in [6.45, 7) is 0. The van der Waals surface area contributed by atoms with Crippen molar-refractivity contribution in [1.82, 2.24) is 0 Å². The van der Waals surface area contributed by atoms with Crippen molar-refractivity contribution in [3.8, 4) is 0 Å². The number of ketones is 1. The van der Waals surface area contributed by atoms with E-state index in [0.717, 1.165) is 12.0 Å². The summed E-state index contributed by atoms with van der Waals surface area (Å²) in [6, 6.07) is 5.12. The van der Waals surface area contributed by atoms with Crippen LogP contribution in [0.3, 0.4) is 0 Å². The van der Waals surface area contributed by atoms with Crippen LogP contribution in [-0.2, 0) is 4.79 Å². The molecule has 0 aliphatic heterocycles. The molecule has 2 atom stereocenters. The fraction of sp³-hybridized carbons (Fsp3) is 0.364. The van der Waals surface area contributed by atoms with Crippen molar-refractivity contribution in [2.45, 2.75) is 24.7 Å². The number of fused-ring (bicyclic) bond motifs is 5. The average Bonchev–Trinajstić information content (AvgIpc) is 2.74. The van der Waals surface area contributed by atoms with Crippen molar-refractivity contribution < 1.29 is 9.72 Å². The number of rotatable bonds is 1. The van der Waals surface area contributed by atoms with Crippen LogP contribution in [0.4, 0.5) is 5.69 Å². The highest BCUT2D eigenvalue weighted by Crippen LogP contribution is 2.53. The predicted molar refractivity (Wildman–Crippen MR) is 52.8 cm³/mol. The first-order chi connectivity index (χ1) is 7.18. The molecule has 1 fully saturated rings. The quantitative estimate of drug-likeness (QED) is 0.519. The van der Waals surface area contributed by atoms with Crippen molar-refractivity contribution >= 4 is 11.5 Å². The lowest BCUT2D eigenvalue weighted by atomic mass is 9.90. The molecule has 4 heteroatoms. The van der Waals surface area contributed by atoms with Crippen LogP contribution in [0.1, 0.15) is 35.8 Å². The maximum atomic E-state index is 11.6. The molecule has 0 amide bonds. The topological polar surface area (TPSA) is 60.2 Å². The van der Waals surface area contributed by atoms with Gasteiger partial charge in [0.25, 0.3) is 5.69 Å². The highest BCUT2D eigenvalue weighted by atomic mass is 16.6. The zero-order valence-corrected chi connectivity index (χ0v) is 7.97. The lowest BCUT2D eigenvalue weighted by Gasteiger charge is -2.13. The molecule has 0 spiro atoms. The lowest BCUT2D eigenvalue weighted by molar-refractivity contribution is -0.385. The Labute approximate surface area is 86.1 Å². The van der Waals surface area contributed by atoms with Crippen molar-refractivity contribution in [2.75, 3.05) is 0 Å². The summed E-state index contributed by atoms with van der Waals surface area (Å²) >= 11 is 0. The van der Waals surface area contributed by atoms with Gasteiger partial charge in [0.2, 0.25) is 0 Å². The number of hydrogen-bond acceptors (Lipinski definition) is 3. The molecule has 0 N–H and O–H groups in total. The van der Waals surface area contributed by atoms with Crippen LogP contribution in [0.5, 0.6) is 0 Å². The fourth-order valence-electron chi connectivity index (χ4n) is 2.87. The summed E-state index contributed by atoms with van der Waals surface area (Å²) in [5, 5.41) is 10.8. The molecule has 0 radical (unpaired) electrons. The van der Waals surface area contributed by atoms with E-state index < -0.39 is 0 Å². The smallest absolute Gasteiger partial charge is 0.273 e. The second-order valence-corrected chi connectivity index (χ2v) is 4.19. The van der Waals surface area contributed by atoms with Crippen molar-refractivity contribution in [1.29, 1.82) is 0 Å². The zero-order chi connectivity index (χ0) is 10.6. The van der Waals surface area contributed by atoms with Crippen LogP contribution in [-0.4, -0.2) is 10.7 Å². The van der Waals surface area contributed by atoms with Gasteiger partial charge in [0.15, 0.2) is 0 Å². The normalized spacial score (nSPS) is 26.8. The number of Topliss-reactive ketones (excluding diaryl/α,β-unsaturated/α-hetero) is 1. The Balaban J connectivity index is 2.25. The van der Waals surface area contributed by atoms with Gasteiger partial charge in [-0.05, 0) is 17.9 Å². The molecular formula is C11H9NO3. The fourth-order valence-corrected chi connectivity index (χ4v) is 2.87. The average molecular weight is 203 g/mol. The van der Waals surface area contributed by atoms with Crippen LogP contribution < -0.4 is 0 Å². The molecular weight excluding hydrogens is 194 g/mol. The van der Waals surface area contributed by atoms with E-state index in [2.05, 4.69) is 0 Å². The Morgan fingerprint density at radius 2 is 2.20 bits per heavy atom. The van der Waals surface area contributed by atoms with Gasteiger partial charge in [-0.15, -0.1) is 0 Å². The Bertz CT molecular complexity index is 481. The molecule has 1 aromatic rings. The second-order valence-electron chi connectivity index (χ2n) is 4.19. The third kappa shape index (κ3) is 0.988. The Morgan fingerprint density at radius 1 is 1.40 bits per heavy atom. The van der Waals surface area contributed by atoms with E-state index in [1.54, 1.807) is 6.07 Å². The first-order valence-electron chi connectivity index (χ1n) is 4.98. The van der Waals surface area contributed by atoms with Gasteiger partial charge in [0.05, 0.1) is 10.8 Å². The van der Waals surface area contributed by atoms with Crippen molar-refractivity contribution in [3.05, 3.63) is 39.4 Å². The van der Waals surface area contributed by atoms with Gasteiger partial charge in [0.1, 0.15) is 5.78 Å². The maximum absolute atomic E-state index is 11.6. The number of nitro groups is 1. The van der Waals surface area contributed by atoms with E-state index in [9.17, 15) is 14.9 Å². The van der Waals surface area contributed by atoms with E-state index in [1.165, 1.54) is 6.07 Å². The monoisotopic (exact) mass is 203 g/mol. The second kappa shape index (κ2) is 2.66. The van der Waals surface area contributed by atoms with Crippen molar-refractivity contribution in [3.63, 3.8) is 0 Å². The highest BCUT2D eigenvalue weighted by Gasteiger charge is 2.46. The minimum absolute atomic E-state index is 0.119. The summed E-state index contributed by atoms with van der Waals surface area (Å²) in [6.07, 6.45) is 1.35. The standard InChI is InChI=1S/C11H9NO3/c13-10-5-6-4-8(10)11-7(6)2-1-3-9(11)12(14)15/h1-3,6,8H,4-5H2. The molecule has 3 rings (SSSR count). The maximum Gasteiger partial charge on any atom is 0.273 e. The molecule has 4 nitrogen and oxygen atoms in total. The summed E-state index contributed by atoms with van der Waals surface area (Å²) in [7, 11) is 0. The molecule has 2 aliphatic carbocycles. The number of hydrogen-bond donors (Lipinski definition) is 0. The minimum atomic E-state index is -0.382. The van der Waals surface area contributed by atoms with E-state index >= 15 is 0 Å². The minimum Gasteiger partial charge on any atom is -0.299 e. The molecule has 2 bridgehead atoms. The molecule has 76 valence electrons. The van der Waals surface area contributed by atoms with Crippen LogP contribution >= 0.6 is 0 Å². The summed E-state index contributed by atoms with van der Waals surface area (Å²) in [5.41, 5.74) is 1.82. The number of benzene rings is 1. The zero-order valence-electron chi connectivity index (χ0n) is 7.97. The SMILES string of the molecule is O=C1CC2CC1c1c2cccc1[N+](=O)[O-]. The number of carbonyl (C=O) groups excluding carboxylic acids is 1. The Kier molecular flexibility index (Phi) is 1.52. The Morgan fingerprint density at radius 3 is 2.93 bits per heavy atom. The molecule has 2 unspecified atom stereocenters. The third-order valence-corrected chi connectivity index (χ3v) is 3.46. The third-order valence-electron chi connectivity index (χ3n) is 3.46. The van der Waals surface area contributed by atoms with Crippen LogP contribution in [0.25, 0.3) is 0 Å². The predicted octanol–water partition coefficient (Wildman–Crippen LogP) is 2.14. The van der Waals surface area contributed by atoms with Crippen molar-refractivity contribution in [2.24, 2.45) is 0 Å². The molecule has 1 saturated carbocycles. The van der Waals surface area contributed by atoms with Gasteiger partial charge < -0.3 is 0 Å². The van der Waals surface area contributed by atoms with Gasteiger partial charge in [-0.1, -0.05) is 12.1 Å². The molecule has 2 aliphatic rings. The first-order valence-corrected chi connectivity index (χ1v) is 4.98. The molecule has 0 saturated heterocycles. The largest absolute Gasteiger partial charge is 0.299 e. The van der Waals surface area contributed by atoms with Gasteiger partial charge in [-0.2, -0.15) is 0 Å². The number of nitrogens with zero attached hydrogens (tertiary/aromatic N) is 1. The summed E-state index contributed by atoms with van der Waals surface area (Å²) in [4.78, 5) is 22.0. The van der Waals surface area contributed by atoms with Gasteiger partial charge in [-0.3, -0.25) is 14.9 Å². The number of carbonyl (C=O) groups is 1. The van der Waals surface area contributed by atoms with E-state index in [-0.39, 0.29) is 28.2 Å². The van der Waals surface area contributed by atoms with E-state index in [0.29, 0.717) is 12.0 Å². The lowest BCUT2D eigenvalue weighted by Crippen LogP contribution is -2.11. The van der Waals surface area contributed by atoms with Crippen LogP contribution in [0, 0.1) is 10.1 Å². The summed E-state index contributed by atoms with van der Waals surface area (Å²) < 4.78 is 0. The van der Waals surface area contributed by atoms with Crippen LogP contribution in [0.2, 0.25) is 0 Å². The highest BCUT2D eigenvalue weighted by molar-refractivity contribution is 5.93. The van der Waals surface area contributed by atoms with Gasteiger partial charge in [-0.25, -0.2) is 0 Å². The molecule has 1 aromatic carbocycles. The molecule has 0 heterocycles. The van der Waals surface area contributed by atoms with E-state index in [1.807, 2.05) is 6.07 Å². The van der Waals surface area contributed by atoms with Gasteiger partial charge >= 0.3 is 0 Å². The summed E-state index contributed by atoms with van der Waals surface area (Å²) in [5.74, 6) is 0.200.